The molecule has 1 aliphatic rings. The monoisotopic (exact) mass is 258 g/mol. The first kappa shape index (κ1) is 13.5. The zero-order valence-electron chi connectivity index (χ0n) is 11.1. The van der Waals surface area contributed by atoms with Gasteiger partial charge in [-0.05, 0) is 37.0 Å². The molecule has 4 nitrogen and oxygen atoms in total. The fourth-order valence-electron chi connectivity index (χ4n) is 2.52. The summed E-state index contributed by atoms with van der Waals surface area (Å²) in [4.78, 5) is 27.3. The fourth-order valence-corrected chi connectivity index (χ4v) is 2.52. The van der Waals surface area contributed by atoms with Crippen molar-refractivity contribution in [3.05, 3.63) is 29.3 Å². The number of nitrogens with zero attached hydrogens (tertiary/aromatic N) is 2. The van der Waals surface area contributed by atoms with Crippen molar-refractivity contribution in [2.45, 2.75) is 32.2 Å². The highest BCUT2D eigenvalue weighted by Crippen LogP contribution is 2.32. The first-order valence-electron chi connectivity index (χ1n) is 6.54. The van der Waals surface area contributed by atoms with Crippen LogP contribution in [-0.2, 0) is 22.4 Å². The van der Waals surface area contributed by atoms with E-state index in [0.717, 1.165) is 36.7 Å². The predicted molar refractivity (Wildman–Crippen MR) is 75.9 cm³/mol. The van der Waals surface area contributed by atoms with Crippen molar-refractivity contribution in [1.82, 2.24) is 0 Å². The summed E-state index contributed by atoms with van der Waals surface area (Å²) in [6.07, 6.45) is 5.93. The van der Waals surface area contributed by atoms with Gasteiger partial charge in [0, 0.05) is 18.2 Å². The van der Waals surface area contributed by atoms with Crippen molar-refractivity contribution in [1.29, 1.82) is 0 Å². The molecule has 1 aromatic rings. The highest BCUT2D eigenvalue weighted by molar-refractivity contribution is 5.83. The van der Waals surface area contributed by atoms with Crippen LogP contribution in [-0.4, -0.2) is 31.5 Å². The summed E-state index contributed by atoms with van der Waals surface area (Å²) in [5, 5.41) is 0. The van der Waals surface area contributed by atoms with Gasteiger partial charge in [0.25, 0.3) is 0 Å². The van der Waals surface area contributed by atoms with E-state index >= 15 is 0 Å². The first-order chi connectivity index (χ1) is 9.27. The topological polar surface area (TPSA) is 49.7 Å². The molecular formula is C15H18N2O2. The average molecular weight is 258 g/mol. The summed E-state index contributed by atoms with van der Waals surface area (Å²) in [6, 6.07) is 6.38. The molecular weight excluding hydrogens is 240 g/mol. The van der Waals surface area contributed by atoms with Crippen molar-refractivity contribution < 1.29 is 9.59 Å². The molecule has 1 aliphatic heterocycles. The molecule has 2 rings (SSSR count). The molecule has 0 radical (unpaired) electrons. The second kappa shape index (κ2) is 6.27. The Morgan fingerprint density at radius 2 is 2.21 bits per heavy atom. The van der Waals surface area contributed by atoms with Crippen LogP contribution >= 0.6 is 0 Å². The van der Waals surface area contributed by atoms with Crippen LogP contribution in [0.2, 0.25) is 0 Å². The number of benzene rings is 1. The van der Waals surface area contributed by atoms with Crippen molar-refractivity contribution in [2.75, 3.05) is 11.4 Å². The fraction of sp³-hybridized carbons (Fsp3) is 0.400. The summed E-state index contributed by atoms with van der Waals surface area (Å²) < 4.78 is 0. The molecule has 0 saturated carbocycles. The summed E-state index contributed by atoms with van der Waals surface area (Å²) in [6.45, 7) is 2.33. The van der Waals surface area contributed by atoms with Crippen molar-refractivity contribution in [3.63, 3.8) is 0 Å². The Kier molecular flexibility index (Phi) is 4.44. The lowest BCUT2D eigenvalue weighted by Crippen LogP contribution is -2.36. The Labute approximate surface area is 113 Å². The Bertz CT molecular complexity index is 497. The van der Waals surface area contributed by atoms with Gasteiger partial charge in [-0.25, -0.2) is 0 Å². The smallest absolute Gasteiger partial charge is 0.141 e. The Morgan fingerprint density at radius 3 is 2.95 bits per heavy atom. The lowest BCUT2D eigenvalue weighted by atomic mass is 9.92. The first-order valence-corrected chi connectivity index (χ1v) is 6.54. The molecule has 4 heteroatoms. The van der Waals surface area contributed by atoms with E-state index in [9.17, 15) is 9.59 Å². The molecule has 19 heavy (non-hydrogen) atoms. The lowest BCUT2D eigenvalue weighted by molar-refractivity contribution is -0.107. The van der Waals surface area contributed by atoms with Gasteiger partial charge in [-0.15, -0.1) is 0 Å². The summed E-state index contributed by atoms with van der Waals surface area (Å²) >= 11 is 0. The summed E-state index contributed by atoms with van der Waals surface area (Å²) in [7, 11) is 0. The van der Waals surface area contributed by atoms with Crippen molar-refractivity contribution >= 4 is 24.6 Å². The van der Waals surface area contributed by atoms with E-state index in [1.54, 1.807) is 6.34 Å². The van der Waals surface area contributed by atoms with E-state index in [0.29, 0.717) is 12.5 Å². The number of hydrogen-bond acceptors (Lipinski definition) is 3. The molecule has 0 amide bonds. The molecule has 0 N–H and O–H groups in total. The normalized spacial score (nSPS) is 18.4. The number of rotatable bonds is 5. The standard InChI is InChI=1S/C15H18N2O2/c1-12-5-6-14-13(7-9-18)3-2-4-15(14)17(12)11-16-8-10-19/h2-4,9-12H,5-8H2,1H3. The molecule has 1 aromatic carbocycles. The quantitative estimate of drug-likeness (QED) is 0.459. The second-order valence-corrected chi connectivity index (χ2v) is 4.73. The predicted octanol–water partition coefficient (Wildman–Crippen LogP) is 1.80. The van der Waals surface area contributed by atoms with Crippen LogP contribution in [0.3, 0.4) is 0 Å². The molecule has 0 saturated heterocycles. The van der Waals surface area contributed by atoms with Crippen molar-refractivity contribution in [2.24, 2.45) is 4.99 Å². The SMILES string of the molecule is CC1CCc2c(CC=O)cccc2N1C=NCC=O. The van der Waals surface area contributed by atoms with Gasteiger partial charge in [0.1, 0.15) is 12.6 Å². The molecule has 0 fully saturated rings. The van der Waals surface area contributed by atoms with Gasteiger partial charge in [0.2, 0.25) is 0 Å². The average Bonchev–Trinajstić information content (AvgIpc) is 2.42. The van der Waals surface area contributed by atoms with Gasteiger partial charge in [-0.1, -0.05) is 12.1 Å². The van der Waals surface area contributed by atoms with Crippen LogP contribution < -0.4 is 4.90 Å². The summed E-state index contributed by atoms with van der Waals surface area (Å²) in [5.74, 6) is 0. The van der Waals surface area contributed by atoms with Crippen LogP contribution in [0.5, 0.6) is 0 Å². The molecule has 100 valence electrons. The number of hydrogen-bond donors (Lipinski definition) is 0. The van der Waals surface area contributed by atoms with Gasteiger partial charge in [0.15, 0.2) is 0 Å². The van der Waals surface area contributed by atoms with Crippen LogP contribution in [0.25, 0.3) is 0 Å². The zero-order valence-corrected chi connectivity index (χ0v) is 11.1. The molecule has 0 bridgehead atoms. The number of carbonyl (C=O) groups excluding carboxylic acids is 2. The van der Waals surface area contributed by atoms with E-state index in [1.807, 2.05) is 18.2 Å². The van der Waals surface area contributed by atoms with Crippen LogP contribution in [0.1, 0.15) is 24.5 Å². The number of fused-ring (bicyclic) bond motifs is 1. The highest BCUT2D eigenvalue weighted by atomic mass is 16.1. The number of aldehydes is 2. The third-order valence-corrected chi connectivity index (χ3v) is 3.50. The third kappa shape index (κ3) is 2.89. The number of aliphatic imine (C=N–C) groups is 1. The lowest BCUT2D eigenvalue weighted by Gasteiger charge is -2.34. The van der Waals surface area contributed by atoms with Crippen molar-refractivity contribution in [3.8, 4) is 0 Å². The van der Waals surface area contributed by atoms with Gasteiger partial charge in [0.05, 0.1) is 12.9 Å². The van der Waals surface area contributed by atoms with E-state index in [2.05, 4.69) is 16.8 Å². The van der Waals surface area contributed by atoms with Gasteiger partial charge < -0.3 is 14.5 Å². The third-order valence-electron chi connectivity index (χ3n) is 3.50. The zero-order chi connectivity index (χ0) is 13.7. The Morgan fingerprint density at radius 1 is 1.37 bits per heavy atom. The molecule has 0 aromatic heterocycles. The highest BCUT2D eigenvalue weighted by Gasteiger charge is 2.23. The minimum atomic E-state index is 0.187. The van der Waals surface area contributed by atoms with E-state index in [-0.39, 0.29) is 6.54 Å². The molecule has 1 heterocycles. The van der Waals surface area contributed by atoms with Gasteiger partial charge in [-0.2, -0.15) is 0 Å². The maximum Gasteiger partial charge on any atom is 0.141 e. The van der Waals surface area contributed by atoms with Crippen LogP contribution in [0.15, 0.2) is 23.2 Å². The molecule has 1 atom stereocenters. The second-order valence-electron chi connectivity index (χ2n) is 4.73. The molecule has 0 aliphatic carbocycles. The number of carbonyl (C=O) groups is 2. The largest absolute Gasteiger partial charge is 0.330 e. The minimum Gasteiger partial charge on any atom is -0.330 e. The van der Waals surface area contributed by atoms with E-state index in [4.69, 9.17) is 0 Å². The van der Waals surface area contributed by atoms with Crippen LogP contribution in [0.4, 0.5) is 5.69 Å². The Hall–Kier alpha value is -1.97. The van der Waals surface area contributed by atoms with Crippen LogP contribution in [0, 0.1) is 0 Å². The maximum absolute atomic E-state index is 10.7. The summed E-state index contributed by atoms with van der Waals surface area (Å²) in [5.41, 5.74) is 3.42. The molecule has 0 spiro atoms. The van der Waals surface area contributed by atoms with E-state index < -0.39 is 0 Å². The number of anilines is 1. The molecule has 1 unspecified atom stereocenters. The van der Waals surface area contributed by atoms with Gasteiger partial charge >= 0.3 is 0 Å². The maximum atomic E-state index is 10.7. The van der Waals surface area contributed by atoms with E-state index in [1.165, 1.54) is 5.56 Å². The van der Waals surface area contributed by atoms with Gasteiger partial charge in [-0.3, -0.25) is 4.99 Å². The minimum absolute atomic E-state index is 0.187. The Balaban J connectivity index is 2.35.